The van der Waals surface area contributed by atoms with E-state index >= 15 is 0 Å². The molecule has 0 amide bonds. The van der Waals surface area contributed by atoms with Gasteiger partial charge in [-0.1, -0.05) is 158 Å². The molecule has 60 heavy (non-hydrogen) atoms. The third-order valence-corrected chi connectivity index (χ3v) is 14.6. The molecule has 2 atom stereocenters. The number of thiophene rings is 1. The monoisotopic (exact) mass is 798 g/mol. The molecule has 11 rings (SSSR count). The van der Waals surface area contributed by atoms with Gasteiger partial charge < -0.3 is 0 Å². The number of allylic oxidation sites excluding steroid dienone is 3. The van der Waals surface area contributed by atoms with Crippen molar-refractivity contribution in [3.05, 3.63) is 211 Å². The first-order chi connectivity index (χ1) is 29.6. The Balaban J connectivity index is 0.891. The van der Waals surface area contributed by atoms with Crippen molar-refractivity contribution < 1.29 is 0 Å². The summed E-state index contributed by atoms with van der Waals surface area (Å²) in [4.78, 5) is 1.31. The average Bonchev–Trinajstić information content (AvgIpc) is 3.90. The Bertz CT molecular complexity index is 3350. The topological polar surface area (TPSA) is 47.6 Å². The summed E-state index contributed by atoms with van der Waals surface area (Å²) in [7, 11) is 0. The summed E-state index contributed by atoms with van der Waals surface area (Å²) in [6, 6.07) is 64.7. The molecule has 0 saturated heterocycles. The van der Waals surface area contributed by atoms with Gasteiger partial charge in [-0.2, -0.15) is 10.5 Å². The van der Waals surface area contributed by atoms with E-state index in [0.717, 1.165) is 61.2 Å². The van der Waals surface area contributed by atoms with Gasteiger partial charge in [-0.05, 0) is 109 Å². The van der Waals surface area contributed by atoms with Crippen molar-refractivity contribution >= 4 is 43.3 Å². The summed E-state index contributed by atoms with van der Waals surface area (Å²) >= 11 is 3.73. The minimum Gasteiger partial charge on any atom is -0.192 e. The molecule has 2 aliphatic rings. The molecule has 0 fully saturated rings. The summed E-state index contributed by atoms with van der Waals surface area (Å²) < 4.78 is 2.51. The van der Waals surface area contributed by atoms with Crippen molar-refractivity contribution in [3.8, 4) is 78.9 Å². The van der Waals surface area contributed by atoms with Gasteiger partial charge in [-0.3, -0.25) is 0 Å². The lowest BCUT2D eigenvalue weighted by molar-refractivity contribution is 0.881. The molecule has 2 nitrogen and oxygen atoms in total. The van der Waals surface area contributed by atoms with E-state index in [-0.39, 0.29) is 0 Å². The van der Waals surface area contributed by atoms with Gasteiger partial charge in [0.05, 0.1) is 23.3 Å². The molecule has 0 spiro atoms. The molecule has 2 heterocycles. The minimum absolute atomic E-state index is 0.393. The molecule has 280 valence electrons. The van der Waals surface area contributed by atoms with Crippen molar-refractivity contribution in [2.75, 3.05) is 0 Å². The van der Waals surface area contributed by atoms with Gasteiger partial charge in [-0.25, -0.2) is 0 Å². The predicted octanol–water partition coefficient (Wildman–Crippen LogP) is 15.5. The number of thioether (sulfide) groups is 1. The lowest BCUT2D eigenvalue weighted by atomic mass is 9.89. The number of fused-ring (bicyclic) bond motifs is 6. The highest BCUT2D eigenvalue weighted by Gasteiger charge is 2.32. The fraction of sp³-hybridized carbons (Fsp3) is 0.0357. The maximum atomic E-state index is 10.4. The Morgan fingerprint density at radius 2 is 0.933 bits per heavy atom. The fourth-order valence-corrected chi connectivity index (χ4v) is 11.7. The number of nitriles is 2. The van der Waals surface area contributed by atoms with E-state index in [9.17, 15) is 10.5 Å². The number of nitrogens with zero attached hydrogens (tertiary/aromatic N) is 2. The van der Waals surface area contributed by atoms with Crippen LogP contribution in [-0.2, 0) is 0 Å². The maximum absolute atomic E-state index is 10.4. The molecular weight excluding hydrogens is 765 g/mol. The third-order valence-electron chi connectivity index (χ3n) is 11.9. The van der Waals surface area contributed by atoms with Crippen molar-refractivity contribution in [1.29, 1.82) is 10.5 Å². The van der Waals surface area contributed by atoms with Gasteiger partial charge >= 0.3 is 0 Å². The maximum Gasteiger partial charge on any atom is 0.0998 e. The van der Waals surface area contributed by atoms with E-state index in [1.165, 1.54) is 36.2 Å². The van der Waals surface area contributed by atoms with Crippen LogP contribution in [0.4, 0.5) is 0 Å². The van der Waals surface area contributed by atoms with E-state index in [1.807, 2.05) is 17.8 Å². The zero-order valence-corrected chi connectivity index (χ0v) is 34.0. The summed E-state index contributed by atoms with van der Waals surface area (Å²) in [5.41, 5.74) is 15.3. The third kappa shape index (κ3) is 6.18. The van der Waals surface area contributed by atoms with Gasteiger partial charge in [0, 0.05) is 36.2 Å². The standard InChI is InChI=1S/C56H34N2S2/c57-33-43-31-41(47-18-8-20-51-49-16-1-3-22-53(49)59-55(47)51)24-26-45(43)39-14-6-12-37(29-39)35-10-5-11-36(28-35)38-13-7-15-40(30-38)46-27-25-42(32-44(46)34-58)48-19-9-21-52-50-17-2-4-23-54(50)60-56(48)52/h1-32,49,53H. The lowest BCUT2D eigenvalue weighted by Crippen LogP contribution is -2.06. The second-order valence-corrected chi connectivity index (χ2v) is 17.6. The van der Waals surface area contributed by atoms with Crippen LogP contribution in [0.15, 0.2) is 199 Å². The average molecular weight is 799 g/mol. The number of hydrogen-bond donors (Lipinski definition) is 0. The van der Waals surface area contributed by atoms with Crippen LogP contribution in [0.2, 0.25) is 0 Å². The van der Waals surface area contributed by atoms with Crippen LogP contribution in [0.1, 0.15) is 22.6 Å². The van der Waals surface area contributed by atoms with E-state index in [0.29, 0.717) is 22.3 Å². The summed E-state index contributed by atoms with van der Waals surface area (Å²) in [5, 5.41) is 23.8. The van der Waals surface area contributed by atoms with Crippen LogP contribution in [0.5, 0.6) is 0 Å². The van der Waals surface area contributed by atoms with E-state index in [2.05, 4.69) is 200 Å². The van der Waals surface area contributed by atoms with Gasteiger partial charge in [0.2, 0.25) is 0 Å². The van der Waals surface area contributed by atoms with Crippen LogP contribution in [0.25, 0.3) is 86.9 Å². The Morgan fingerprint density at radius 3 is 1.60 bits per heavy atom. The van der Waals surface area contributed by atoms with Crippen molar-refractivity contribution in [2.45, 2.75) is 16.1 Å². The smallest absolute Gasteiger partial charge is 0.0998 e. The van der Waals surface area contributed by atoms with Crippen LogP contribution >= 0.6 is 23.1 Å². The van der Waals surface area contributed by atoms with Crippen molar-refractivity contribution in [2.24, 2.45) is 0 Å². The Kier molecular flexibility index (Phi) is 8.90. The first-order valence-electron chi connectivity index (χ1n) is 20.1. The zero-order valence-electron chi connectivity index (χ0n) is 32.3. The SMILES string of the molecule is N#Cc1cc(-c2cccc3c2SC2C=CC=CC32)ccc1-c1cccc(-c2cccc(-c3cccc(-c4ccc(-c5cccc6c5sc5ccccc56)cc4C#N)c3)c2)c1. The first-order valence-corrected chi connectivity index (χ1v) is 21.8. The molecule has 1 aromatic heterocycles. The van der Waals surface area contributed by atoms with Gasteiger partial charge in [0.1, 0.15) is 0 Å². The molecule has 1 aliphatic carbocycles. The Hall–Kier alpha value is -7.21. The predicted molar refractivity (Wildman–Crippen MR) is 252 cm³/mol. The highest BCUT2D eigenvalue weighted by molar-refractivity contribution is 8.00. The fourth-order valence-electron chi connectivity index (χ4n) is 8.99. The Labute approximate surface area is 357 Å². The highest BCUT2D eigenvalue weighted by Crippen LogP contribution is 2.52. The van der Waals surface area contributed by atoms with Crippen molar-refractivity contribution in [3.63, 3.8) is 0 Å². The van der Waals surface area contributed by atoms with Crippen LogP contribution in [0, 0.1) is 22.7 Å². The second kappa shape index (κ2) is 14.9. The normalized spacial score (nSPS) is 15.1. The largest absolute Gasteiger partial charge is 0.192 e. The summed E-state index contributed by atoms with van der Waals surface area (Å²) in [6.07, 6.45) is 8.89. The lowest BCUT2D eigenvalue weighted by Gasteiger charge is -2.14. The quantitative estimate of drug-likeness (QED) is 0.168. The van der Waals surface area contributed by atoms with E-state index < -0.39 is 0 Å². The summed E-state index contributed by atoms with van der Waals surface area (Å²) in [5.74, 6) is 0.393. The van der Waals surface area contributed by atoms with Crippen LogP contribution < -0.4 is 0 Å². The molecule has 4 heteroatoms. The first kappa shape index (κ1) is 35.9. The van der Waals surface area contributed by atoms with E-state index in [1.54, 1.807) is 11.3 Å². The highest BCUT2D eigenvalue weighted by atomic mass is 32.2. The number of benzene rings is 8. The zero-order chi connectivity index (χ0) is 40.2. The van der Waals surface area contributed by atoms with Gasteiger partial charge in [-0.15, -0.1) is 23.1 Å². The molecule has 9 aromatic rings. The van der Waals surface area contributed by atoms with E-state index in [4.69, 9.17) is 0 Å². The van der Waals surface area contributed by atoms with Crippen LogP contribution in [-0.4, -0.2) is 5.25 Å². The summed E-state index contributed by atoms with van der Waals surface area (Å²) in [6.45, 7) is 0. The number of hydrogen-bond acceptors (Lipinski definition) is 4. The molecule has 8 aromatic carbocycles. The van der Waals surface area contributed by atoms with Gasteiger partial charge in [0.15, 0.2) is 0 Å². The van der Waals surface area contributed by atoms with Gasteiger partial charge in [0.25, 0.3) is 0 Å². The Morgan fingerprint density at radius 1 is 0.417 bits per heavy atom. The molecule has 0 bridgehead atoms. The molecule has 0 N–H and O–H groups in total. The van der Waals surface area contributed by atoms with Crippen molar-refractivity contribution in [1.82, 2.24) is 0 Å². The van der Waals surface area contributed by atoms with Crippen LogP contribution in [0.3, 0.4) is 0 Å². The molecule has 1 aliphatic heterocycles. The molecule has 2 unspecified atom stereocenters. The molecule has 0 saturated carbocycles. The molecular formula is C56H34N2S2. The molecule has 0 radical (unpaired) electrons. The number of rotatable bonds is 6. The second-order valence-electron chi connectivity index (χ2n) is 15.4. The minimum atomic E-state index is 0.393.